The molecule has 0 saturated heterocycles. The van der Waals surface area contributed by atoms with Crippen molar-refractivity contribution in [2.75, 3.05) is 12.8 Å². The third-order valence-electron chi connectivity index (χ3n) is 1.81. The standard InChI is InChI=1S/C8H12N2O2/c1-5-4-10(2)7(9)6(5)8(11)12-3/h4H,9H2,1-3H3. The van der Waals surface area contributed by atoms with E-state index in [4.69, 9.17) is 5.73 Å². The number of nitrogens with two attached hydrogens (primary N) is 1. The molecule has 1 aromatic heterocycles. The Kier molecular flexibility index (Phi) is 2.08. The van der Waals surface area contributed by atoms with Gasteiger partial charge in [0.2, 0.25) is 0 Å². The molecular weight excluding hydrogens is 156 g/mol. The van der Waals surface area contributed by atoms with Gasteiger partial charge in [-0.1, -0.05) is 0 Å². The number of rotatable bonds is 1. The van der Waals surface area contributed by atoms with E-state index in [-0.39, 0.29) is 5.97 Å². The highest BCUT2D eigenvalue weighted by atomic mass is 16.5. The highest BCUT2D eigenvalue weighted by Crippen LogP contribution is 2.18. The molecule has 0 bridgehead atoms. The number of carbonyl (C=O) groups excluding carboxylic acids is 1. The average molecular weight is 168 g/mol. The van der Waals surface area contributed by atoms with Crippen molar-refractivity contribution in [1.29, 1.82) is 0 Å². The molecule has 1 rings (SSSR count). The summed E-state index contributed by atoms with van der Waals surface area (Å²) >= 11 is 0. The van der Waals surface area contributed by atoms with Crippen molar-refractivity contribution in [3.05, 3.63) is 17.3 Å². The highest BCUT2D eigenvalue weighted by molar-refractivity contribution is 5.96. The van der Waals surface area contributed by atoms with Crippen molar-refractivity contribution in [1.82, 2.24) is 4.57 Å². The molecule has 0 aliphatic rings. The van der Waals surface area contributed by atoms with Crippen LogP contribution in [0.3, 0.4) is 0 Å². The predicted molar refractivity (Wildman–Crippen MR) is 45.9 cm³/mol. The fraction of sp³-hybridized carbons (Fsp3) is 0.375. The van der Waals surface area contributed by atoms with Crippen molar-refractivity contribution in [2.24, 2.45) is 7.05 Å². The third kappa shape index (κ3) is 1.15. The van der Waals surface area contributed by atoms with Crippen LogP contribution < -0.4 is 5.73 Å². The Morgan fingerprint density at radius 1 is 1.67 bits per heavy atom. The van der Waals surface area contributed by atoms with E-state index in [2.05, 4.69) is 4.74 Å². The minimum atomic E-state index is -0.384. The summed E-state index contributed by atoms with van der Waals surface area (Å²) in [6.45, 7) is 1.82. The first-order chi connectivity index (χ1) is 5.57. The van der Waals surface area contributed by atoms with E-state index in [9.17, 15) is 4.79 Å². The lowest BCUT2D eigenvalue weighted by Gasteiger charge is -1.99. The molecule has 4 nitrogen and oxygen atoms in total. The monoisotopic (exact) mass is 168 g/mol. The molecule has 66 valence electrons. The number of aryl methyl sites for hydroxylation is 2. The van der Waals surface area contributed by atoms with Crippen LogP contribution in [0.5, 0.6) is 0 Å². The van der Waals surface area contributed by atoms with Crippen molar-refractivity contribution in [3.63, 3.8) is 0 Å². The molecule has 0 radical (unpaired) electrons. The second-order valence-corrected chi connectivity index (χ2v) is 2.67. The molecule has 4 heteroatoms. The average Bonchev–Trinajstić information content (AvgIpc) is 2.26. The highest BCUT2D eigenvalue weighted by Gasteiger charge is 2.16. The van der Waals surface area contributed by atoms with E-state index in [1.807, 2.05) is 6.92 Å². The fourth-order valence-electron chi connectivity index (χ4n) is 1.17. The number of hydrogen-bond donors (Lipinski definition) is 1. The van der Waals surface area contributed by atoms with Gasteiger partial charge in [-0.05, 0) is 12.5 Å². The molecule has 1 heterocycles. The zero-order chi connectivity index (χ0) is 9.30. The van der Waals surface area contributed by atoms with E-state index >= 15 is 0 Å². The fourth-order valence-corrected chi connectivity index (χ4v) is 1.17. The first-order valence-corrected chi connectivity index (χ1v) is 3.57. The zero-order valence-corrected chi connectivity index (χ0v) is 7.42. The maximum Gasteiger partial charge on any atom is 0.341 e. The van der Waals surface area contributed by atoms with Crippen LogP contribution in [0, 0.1) is 6.92 Å². The summed E-state index contributed by atoms with van der Waals surface area (Å²) in [6.07, 6.45) is 1.79. The Balaban J connectivity index is 3.22. The number of nitrogens with zero attached hydrogens (tertiary/aromatic N) is 1. The maximum absolute atomic E-state index is 11.2. The second kappa shape index (κ2) is 2.89. The van der Waals surface area contributed by atoms with Gasteiger partial charge in [-0.25, -0.2) is 4.79 Å². The van der Waals surface area contributed by atoms with E-state index in [0.29, 0.717) is 11.4 Å². The minimum absolute atomic E-state index is 0.384. The summed E-state index contributed by atoms with van der Waals surface area (Å²) in [4.78, 5) is 11.2. The molecule has 2 N–H and O–H groups in total. The van der Waals surface area contributed by atoms with E-state index in [0.717, 1.165) is 5.56 Å². The van der Waals surface area contributed by atoms with E-state index < -0.39 is 0 Å². The van der Waals surface area contributed by atoms with Gasteiger partial charge in [0.25, 0.3) is 0 Å². The predicted octanol–water partition coefficient (Wildman–Crippen LogP) is 0.702. The summed E-state index contributed by atoms with van der Waals surface area (Å²) < 4.78 is 6.28. The number of methoxy groups -OCH3 is 1. The Labute approximate surface area is 70.9 Å². The van der Waals surface area contributed by atoms with Crippen LogP contribution in [0.4, 0.5) is 5.82 Å². The van der Waals surface area contributed by atoms with Crippen LogP contribution in [0.1, 0.15) is 15.9 Å². The summed E-state index contributed by atoms with van der Waals surface area (Å²) in [5, 5.41) is 0. The lowest BCUT2D eigenvalue weighted by molar-refractivity contribution is 0.0601. The van der Waals surface area contributed by atoms with Crippen molar-refractivity contribution < 1.29 is 9.53 Å². The molecule has 0 aliphatic heterocycles. The van der Waals surface area contributed by atoms with Crippen molar-refractivity contribution >= 4 is 11.8 Å². The van der Waals surface area contributed by atoms with Gasteiger partial charge < -0.3 is 15.0 Å². The van der Waals surface area contributed by atoms with Crippen LogP contribution in [0.15, 0.2) is 6.20 Å². The van der Waals surface area contributed by atoms with Gasteiger partial charge in [0.15, 0.2) is 0 Å². The second-order valence-electron chi connectivity index (χ2n) is 2.67. The Morgan fingerprint density at radius 2 is 2.25 bits per heavy atom. The van der Waals surface area contributed by atoms with Crippen LogP contribution in [-0.2, 0) is 11.8 Å². The minimum Gasteiger partial charge on any atom is -0.465 e. The maximum atomic E-state index is 11.2. The molecule has 1 aromatic rings. The number of aromatic nitrogens is 1. The Hall–Kier alpha value is -1.45. The largest absolute Gasteiger partial charge is 0.465 e. The first kappa shape index (κ1) is 8.64. The van der Waals surface area contributed by atoms with Crippen molar-refractivity contribution in [3.8, 4) is 0 Å². The molecule has 0 aromatic carbocycles. The molecule has 0 unspecified atom stereocenters. The van der Waals surface area contributed by atoms with Gasteiger partial charge in [0, 0.05) is 13.2 Å². The van der Waals surface area contributed by atoms with E-state index in [1.54, 1.807) is 17.8 Å². The summed E-state index contributed by atoms with van der Waals surface area (Å²) in [7, 11) is 3.13. The molecule has 0 spiro atoms. The normalized spacial score (nSPS) is 9.92. The Bertz CT molecular complexity index is 315. The number of nitrogen functional groups attached to an aromatic ring is 1. The number of ether oxygens (including phenoxy) is 1. The van der Waals surface area contributed by atoms with Crippen LogP contribution in [0.25, 0.3) is 0 Å². The molecule has 12 heavy (non-hydrogen) atoms. The molecule has 0 aliphatic carbocycles. The van der Waals surface area contributed by atoms with Gasteiger partial charge in [0.05, 0.1) is 7.11 Å². The van der Waals surface area contributed by atoms with Gasteiger partial charge >= 0.3 is 5.97 Å². The summed E-state index contributed by atoms with van der Waals surface area (Å²) in [5.41, 5.74) is 6.94. The third-order valence-corrected chi connectivity index (χ3v) is 1.81. The lowest BCUT2D eigenvalue weighted by atomic mass is 10.2. The van der Waals surface area contributed by atoms with Crippen LogP contribution in [0.2, 0.25) is 0 Å². The van der Waals surface area contributed by atoms with Crippen LogP contribution >= 0.6 is 0 Å². The molecule has 0 atom stereocenters. The lowest BCUT2D eigenvalue weighted by Crippen LogP contribution is -2.06. The number of carbonyl (C=O) groups is 1. The van der Waals surface area contributed by atoms with E-state index in [1.165, 1.54) is 7.11 Å². The summed E-state index contributed by atoms with van der Waals surface area (Å²) in [5.74, 6) is 0.0601. The zero-order valence-electron chi connectivity index (χ0n) is 7.42. The number of esters is 1. The summed E-state index contributed by atoms with van der Waals surface area (Å²) in [6, 6.07) is 0. The molecule has 0 fully saturated rings. The topological polar surface area (TPSA) is 57.2 Å². The molecule has 0 amide bonds. The van der Waals surface area contributed by atoms with Gasteiger partial charge in [-0.15, -0.1) is 0 Å². The van der Waals surface area contributed by atoms with Gasteiger partial charge in [-0.3, -0.25) is 0 Å². The quantitative estimate of drug-likeness (QED) is 0.628. The number of hydrogen-bond acceptors (Lipinski definition) is 3. The molecule has 0 saturated carbocycles. The van der Waals surface area contributed by atoms with Gasteiger partial charge in [-0.2, -0.15) is 0 Å². The Morgan fingerprint density at radius 3 is 2.58 bits per heavy atom. The van der Waals surface area contributed by atoms with Gasteiger partial charge in [0.1, 0.15) is 11.4 Å². The smallest absolute Gasteiger partial charge is 0.341 e. The SMILES string of the molecule is COC(=O)c1c(C)cn(C)c1N. The van der Waals surface area contributed by atoms with Crippen molar-refractivity contribution in [2.45, 2.75) is 6.92 Å². The van der Waals surface area contributed by atoms with Crippen LogP contribution in [-0.4, -0.2) is 17.6 Å². The number of anilines is 1. The first-order valence-electron chi connectivity index (χ1n) is 3.57. The molecular formula is C8H12N2O2.